The van der Waals surface area contributed by atoms with E-state index in [9.17, 15) is 19.6 Å². The van der Waals surface area contributed by atoms with Crippen LogP contribution in [0.5, 0.6) is 5.75 Å². The molecule has 0 radical (unpaired) electrons. The second-order valence-corrected chi connectivity index (χ2v) is 10.4. The van der Waals surface area contributed by atoms with E-state index in [0.29, 0.717) is 30.8 Å². The number of amides is 3. The molecule has 3 heterocycles. The predicted octanol–water partition coefficient (Wildman–Crippen LogP) is 2.11. The molecule has 0 saturated carbocycles. The Labute approximate surface area is 210 Å². The summed E-state index contributed by atoms with van der Waals surface area (Å²) < 4.78 is 11.5. The van der Waals surface area contributed by atoms with Gasteiger partial charge in [-0.3, -0.25) is 14.4 Å². The molecule has 2 saturated heterocycles. The molecule has 2 aliphatic rings. The summed E-state index contributed by atoms with van der Waals surface area (Å²) in [4.78, 5) is 43.6. The molecule has 0 spiro atoms. The number of H-pyrrole nitrogens is 1. The van der Waals surface area contributed by atoms with Gasteiger partial charge in [0, 0.05) is 36.3 Å². The van der Waals surface area contributed by atoms with E-state index in [0.717, 1.165) is 10.9 Å². The zero-order valence-corrected chi connectivity index (χ0v) is 21.1. The Morgan fingerprint density at radius 2 is 2.11 bits per heavy atom. The van der Waals surface area contributed by atoms with Gasteiger partial charge < -0.3 is 30.0 Å². The Hall–Kier alpha value is -3.58. The standard InChI is InChI=1S/C26H33N5O5/c1-26(2,3)36-17-11-21(24(33)29-16(13-27)10-15-8-9-28-23(15)32)31(14-17)25(34)20-12-18-19(30-20)6-5-7-22(18)35-4/h5-7,12,15-17,21,30H,8-11,14H2,1-4H3,(H,28,32)(H,29,33)/t15-,16-,17+,21-/m0/s1. The van der Waals surface area contributed by atoms with Gasteiger partial charge in [0.05, 0.1) is 24.9 Å². The van der Waals surface area contributed by atoms with Crippen molar-refractivity contribution in [3.05, 3.63) is 30.0 Å². The van der Waals surface area contributed by atoms with E-state index in [1.807, 2.05) is 39.0 Å². The number of aromatic amines is 1. The van der Waals surface area contributed by atoms with Crippen LogP contribution in [0.4, 0.5) is 0 Å². The van der Waals surface area contributed by atoms with Crippen molar-refractivity contribution in [2.75, 3.05) is 20.2 Å². The van der Waals surface area contributed by atoms with Gasteiger partial charge in [0.25, 0.3) is 5.91 Å². The number of nitrogens with zero attached hydrogens (tertiary/aromatic N) is 2. The Balaban J connectivity index is 1.55. The number of carbonyl (C=O) groups excluding carboxylic acids is 3. The summed E-state index contributed by atoms with van der Waals surface area (Å²) in [6, 6.07) is 7.67. The average Bonchev–Trinajstić information content (AvgIpc) is 3.55. The maximum atomic E-state index is 13.6. The van der Waals surface area contributed by atoms with Crippen molar-refractivity contribution in [3.8, 4) is 11.8 Å². The first kappa shape index (κ1) is 25.5. The highest BCUT2D eigenvalue weighted by molar-refractivity contribution is 6.01. The first-order valence-corrected chi connectivity index (χ1v) is 12.2. The molecule has 0 unspecified atom stereocenters. The van der Waals surface area contributed by atoms with E-state index in [1.54, 1.807) is 13.2 Å². The molecule has 10 heteroatoms. The number of rotatable bonds is 7. The molecular formula is C26H33N5O5. The Bertz CT molecular complexity index is 1190. The molecule has 1 aromatic carbocycles. The van der Waals surface area contributed by atoms with Crippen LogP contribution in [-0.2, 0) is 14.3 Å². The van der Waals surface area contributed by atoms with E-state index in [4.69, 9.17) is 9.47 Å². The largest absolute Gasteiger partial charge is 0.496 e. The minimum atomic E-state index is -0.830. The number of carbonyl (C=O) groups is 3. The molecule has 0 aliphatic carbocycles. The Morgan fingerprint density at radius 3 is 2.75 bits per heavy atom. The highest BCUT2D eigenvalue weighted by Crippen LogP contribution is 2.30. The second-order valence-electron chi connectivity index (χ2n) is 10.4. The van der Waals surface area contributed by atoms with Crippen molar-refractivity contribution in [1.82, 2.24) is 20.5 Å². The fourth-order valence-electron chi connectivity index (χ4n) is 5.00. The topological polar surface area (TPSA) is 137 Å². The van der Waals surface area contributed by atoms with Crippen LogP contribution < -0.4 is 15.4 Å². The van der Waals surface area contributed by atoms with Gasteiger partial charge >= 0.3 is 0 Å². The van der Waals surface area contributed by atoms with Crippen LogP contribution in [0, 0.1) is 17.2 Å². The molecule has 0 bridgehead atoms. The smallest absolute Gasteiger partial charge is 0.271 e. The van der Waals surface area contributed by atoms with E-state index in [2.05, 4.69) is 21.7 Å². The van der Waals surface area contributed by atoms with Gasteiger partial charge in [-0.05, 0) is 51.8 Å². The summed E-state index contributed by atoms with van der Waals surface area (Å²) in [7, 11) is 1.57. The van der Waals surface area contributed by atoms with Crippen LogP contribution in [0.25, 0.3) is 10.9 Å². The highest BCUT2D eigenvalue weighted by Gasteiger charge is 2.43. The van der Waals surface area contributed by atoms with Gasteiger partial charge in [-0.25, -0.2) is 0 Å². The van der Waals surface area contributed by atoms with Crippen molar-refractivity contribution in [2.45, 2.75) is 63.8 Å². The molecule has 3 amide bonds. The number of hydrogen-bond donors (Lipinski definition) is 3. The van der Waals surface area contributed by atoms with Gasteiger partial charge in [-0.15, -0.1) is 0 Å². The summed E-state index contributed by atoms with van der Waals surface area (Å²) in [6.45, 7) is 6.59. The van der Waals surface area contributed by atoms with Crippen LogP contribution in [0.2, 0.25) is 0 Å². The SMILES string of the molecule is COc1cccc2[nH]c(C(=O)N3C[C@H](OC(C)(C)C)C[C@H]3C(=O)N[C@H](C#N)C[C@@H]3CCNC3=O)cc12. The molecule has 10 nitrogen and oxygen atoms in total. The van der Waals surface area contributed by atoms with Crippen LogP contribution in [0.3, 0.4) is 0 Å². The number of fused-ring (bicyclic) bond motifs is 1. The molecule has 2 aromatic rings. The molecule has 2 aliphatic heterocycles. The maximum Gasteiger partial charge on any atom is 0.271 e. The molecular weight excluding hydrogens is 462 g/mol. The predicted molar refractivity (Wildman–Crippen MR) is 132 cm³/mol. The fourth-order valence-corrected chi connectivity index (χ4v) is 5.00. The summed E-state index contributed by atoms with van der Waals surface area (Å²) >= 11 is 0. The highest BCUT2D eigenvalue weighted by atomic mass is 16.5. The van der Waals surface area contributed by atoms with Crippen molar-refractivity contribution < 1.29 is 23.9 Å². The van der Waals surface area contributed by atoms with Gasteiger partial charge in [-0.2, -0.15) is 5.26 Å². The lowest BCUT2D eigenvalue weighted by molar-refractivity contribution is -0.126. The van der Waals surface area contributed by atoms with Crippen LogP contribution in [-0.4, -0.2) is 71.6 Å². The zero-order chi connectivity index (χ0) is 26.0. The first-order chi connectivity index (χ1) is 17.1. The number of likely N-dealkylation sites (tertiary alicyclic amines) is 1. The Kier molecular flexibility index (Phi) is 7.22. The third-order valence-corrected chi connectivity index (χ3v) is 6.58. The van der Waals surface area contributed by atoms with E-state index in [1.165, 1.54) is 4.90 Å². The lowest BCUT2D eigenvalue weighted by atomic mass is 9.98. The summed E-state index contributed by atoms with van der Waals surface area (Å²) in [5.41, 5.74) is 0.632. The molecule has 3 N–H and O–H groups in total. The third kappa shape index (κ3) is 5.46. The number of ether oxygens (including phenoxy) is 2. The van der Waals surface area contributed by atoms with Crippen LogP contribution in [0.1, 0.15) is 50.5 Å². The van der Waals surface area contributed by atoms with Crippen molar-refractivity contribution >= 4 is 28.6 Å². The van der Waals surface area contributed by atoms with Gasteiger partial charge in [-0.1, -0.05) is 6.07 Å². The molecule has 1 aromatic heterocycles. The van der Waals surface area contributed by atoms with Crippen molar-refractivity contribution in [2.24, 2.45) is 5.92 Å². The normalized spacial score (nSPS) is 22.8. The maximum absolute atomic E-state index is 13.6. The molecule has 36 heavy (non-hydrogen) atoms. The summed E-state index contributed by atoms with van der Waals surface area (Å²) in [5.74, 6) is -0.538. The number of methoxy groups -OCH3 is 1. The van der Waals surface area contributed by atoms with Crippen LogP contribution >= 0.6 is 0 Å². The van der Waals surface area contributed by atoms with Crippen molar-refractivity contribution in [3.63, 3.8) is 0 Å². The third-order valence-electron chi connectivity index (χ3n) is 6.58. The summed E-state index contributed by atoms with van der Waals surface area (Å²) in [6.07, 6.45) is 0.829. The van der Waals surface area contributed by atoms with E-state index >= 15 is 0 Å². The number of hydrogen-bond acceptors (Lipinski definition) is 6. The van der Waals surface area contributed by atoms with Gasteiger partial charge in [0.15, 0.2) is 0 Å². The zero-order valence-electron chi connectivity index (χ0n) is 21.1. The minimum absolute atomic E-state index is 0.102. The number of benzene rings is 1. The first-order valence-electron chi connectivity index (χ1n) is 12.2. The van der Waals surface area contributed by atoms with Crippen molar-refractivity contribution in [1.29, 1.82) is 5.26 Å². The quantitative estimate of drug-likeness (QED) is 0.538. The van der Waals surface area contributed by atoms with Gasteiger partial charge in [0.1, 0.15) is 23.5 Å². The van der Waals surface area contributed by atoms with Crippen LogP contribution in [0.15, 0.2) is 24.3 Å². The minimum Gasteiger partial charge on any atom is -0.496 e. The number of nitriles is 1. The van der Waals surface area contributed by atoms with E-state index in [-0.39, 0.29) is 36.8 Å². The Morgan fingerprint density at radius 1 is 1.33 bits per heavy atom. The van der Waals surface area contributed by atoms with Gasteiger partial charge in [0.2, 0.25) is 11.8 Å². The molecule has 4 rings (SSSR count). The molecule has 4 atom stereocenters. The number of nitrogens with one attached hydrogen (secondary N) is 3. The molecule has 192 valence electrons. The van der Waals surface area contributed by atoms with E-state index < -0.39 is 23.6 Å². The number of aromatic nitrogens is 1. The lowest BCUT2D eigenvalue weighted by Gasteiger charge is -2.25. The average molecular weight is 496 g/mol. The monoisotopic (exact) mass is 495 g/mol. The second kappa shape index (κ2) is 10.2. The lowest BCUT2D eigenvalue weighted by Crippen LogP contribution is -2.49. The fraction of sp³-hybridized carbons (Fsp3) is 0.538. The molecule has 2 fully saturated rings. The summed E-state index contributed by atoms with van der Waals surface area (Å²) in [5, 5.41) is 15.9.